The van der Waals surface area contributed by atoms with E-state index in [1.165, 1.54) is 0 Å². The molecule has 0 fully saturated rings. The number of hydrogen-bond donors (Lipinski definition) is 0. The van der Waals surface area contributed by atoms with Crippen molar-refractivity contribution in [3.63, 3.8) is 0 Å². The second-order valence-electron chi connectivity index (χ2n) is 3.95. The Morgan fingerprint density at radius 1 is 1.50 bits per heavy atom. The summed E-state index contributed by atoms with van der Waals surface area (Å²) < 4.78 is 5.16. The van der Waals surface area contributed by atoms with E-state index in [-0.39, 0.29) is 5.97 Å². The molecule has 0 radical (unpaired) electrons. The zero-order valence-electron chi connectivity index (χ0n) is 9.70. The Labute approximate surface area is 102 Å². The predicted octanol–water partition coefficient (Wildman–Crippen LogP) is 3.93. The Kier molecular flexibility index (Phi) is 5.33. The van der Waals surface area contributed by atoms with Crippen molar-refractivity contribution in [1.82, 2.24) is 0 Å². The maximum atomic E-state index is 11.6. The Morgan fingerprint density at radius 2 is 2.25 bits per heavy atom. The number of ether oxygens (including phenoxy) is 1. The first kappa shape index (κ1) is 13.0. The van der Waals surface area contributed by atoms with Gasteiger partial charge in [0.05, 0.1) is 12.2 Å². The van der Waals surface area contributed by atoms with Crippen LogP contribution in [0, 0.1) is 5.92 Å². The maximum absolute atomic E-state index is 11.6. The topological polar surface area (TPSA) is 26.3 Å². The van der Waals surface area contributed by atoms with Gasteiger partial charge >= 0.3 is 5.97 Å². The van der Waals surface area contributed by atoms with Gasteiger partial charge in [0.1, 0.15) is 0 Å². The average molecular weight is 241 g/mol. The molecular weight excluding hydrogens is 224 g/mol. The normalized spacial score (nSPS) is 12.2. The summed E-state index contributed by atoms with van der Waals surface area (Å²) in [4.78, 5) is 11.6. The van der Waals surface area contributed by atoms with Gasteiger partial charge in [-0.2, -0.15) is 0 Å². The number of esters is 1. The first-order valence-electron chi connectivity index (χ1n) is 5.56. The number of carbonyl (C=O) groups excluding carboxylic acids is 1. The molecule has 0 saturated heterocycles. The summed E-state index contributed by atoms with van der Waals surface area (Å²) in [5, 5.41) is 0.552. The van der Waals surface area contributed by atoms with Gasteiger partial charge in [0.25, 0.3) is 0 Å². The summed E-state index contributed by atoms with van der Waals surface area (Å²) in [6.07, 6.45) is 2.01. The van der Waals surface area contributed by atoms with Crippen LogP contribution in [-0.2, 0) is 4.74 Å². The summed E-state index contributed by atoms with van der Waals surface area (Å²) in [6.45, 7) is 4.75. The lowest BCUT2D eigenvalue weighted by molar-refractivity contribution is 0.0485. The quantitative estimate of drug-likeness (QED) is 0.729. The maximum Gasteiger partial charge on any atom is 0.338 e. The molecule has 0 amide bonds. The van der Waals surface area contributed by atoms with Crippen molar-refractivity contribution in [2.75, 3.05) is 6.61 Å². The second-order valence-corrected chi connectivity index (χ2v) is 4.38. The van der Waals surface area contributed by atoms with E-state index in [0.29, 0.717) is 23.1 Å². The minimum absolute atomic E-state index is 0.300. The van der Waals surface area contributed by atoms with Gasteiger partial charge in [-0.1, -0.05) is 37.9 Å². The molecule has 3 heteroatoms. The van der Waals surface area contributed by atoms with Crippen molar-refractivity contribution < 1.29 is 9.53 Å². The van der Waals surface area contributed by atoms with Crippen LogP contribution in [0.3, 0.4) is 0 Å². The van der Waals surface area contributed by atoms with E-state index in [1.54, 1.807) is 24.3 Å². The molecule has 1 unspecified atom stereocenters. The minimum Gasteiger partial charge on any atom is -0.462 e. The van der Waals surface area contributed by atoms with Gasteiger partial charge in [0.2, 0.25) is 0 Å². The second kappa shape index (κ2) is 6.54. The third-order valence-electron chi connectivity index (χ3n) is 2.60. The fourth-order valence-electron chi connectivity index (χ4n) is 1.26. The molecule has 0 aliphatic carbocycles. The molecule has 0 aromatic heterocycles. The largest absolute Gasteiger partial charge is 0.462 e. The van der Waals surface area contributed by atoms with Crippen molar-refractivity contribution in [3.8, 4) is 0 Å². The highest BCUT2D eigenvalue weighted by atomic mass is 35.5. The van der Waals surface area contributed by atoms with Gasteiger partial charge < -0.3 is 4.74 Å². The summed E-state index contributed by atoms with van der Waals surface area (Å²) in [5.41, 5.74) is 0.511. The van der Waals surface area contributed by atoms with Gasteiger partial charge in [0, 0.05) is 5.02 Å². The SMILES string of the molecule is CCC(C)CCOC(=O)c1cccc(Cl)c1. The van der Waals surface area contributed by atoms with Crippen molar-refractivity contribution >= 4 is 17.6 Å². The molecular formula is C13H17ClO2. The monoisotopic (exact) mass is 240 g/mol. The lowest BCUT2D eigenvalue weighted by Crippen LogP contribution is -2.08. The van der Waals surface area contributed by atoms with Crippen LogP contribution in [0.2, 0.25) is 5.02 Å². The van der Waals surface area contributed by atoms with Crippen LogP contribution in [-0.4, -0.2) is 12.6 Å². The number of hydrogen-bond acceptors (Lipinski definition) is 2. The molecule has 1 aromatic carbocycles. The first-order valence-corrected chi connectivity index (χ1v) is 5.94. The van der Waals surface area contributed by atoms with Crippen LogP contribution < -0.4 is 0 Å². The highest BCUT2D eigenvalue weighted by Crippen LogP contribution is 2.12. The van der Waals surface area contributed by atoms with Crippen molar-refractivity contribution in [3.05, 3.63) is 34.9 Å². The molecule has 1 aromatic rings. The van der Waals surface area contributed by atoms with E-state index < -0.39 is 0 Å². The van der Waals surface area contributed by atoms with E-state index in [0.717, 1.165) is 12.8 Å². The van der Waals surface area contributed by atoms with Crippen LogP contribution in [0.4, 0.5) is 0 Å². The summed E-state index contributed by atoms with van der Waals surface area (Å²) in [6, 6.07) is 6.80. The van der Waals surface area contributed by atoms with Gasteiger partial charge in [-0.25, -0.2) is 4.79 Å². The van der Waals surface area contributed by atoms with E-state index in [9.17, 15) is 4.79 Å². The number of rotatable bonds is 5. The number of halogens is 1. The Balaban J connectivity index is 2.41. The van der Waals surface area contributed by atoms with Crippen LogP contribution in [0.15, 0.2) is 24.3 Å². The van der Waals surface area contributed by atoms with Gasteiger partial charge in [-0.3, -0.25) is 0 Å². The summed E-state index contributed by atoms with van der Waals surface area (Å²) in [7, 11) is 0. The standard InChI is InChI=1S/C13H17ClO2/c1-3-10(2)7-8-16-13(15)11-5-4-6-12(14)9-11/h4-6,9-10H,3,7-8H2,1-2H3. The molecule has 1 atom stereocenters. The molecule has 2 nitrogen and oxygen atoms in total. The molecule has 0 saturated carbocycles. The Bertz CT molecular complexity index is 350. The van der Waals surface area contributed by atoms with Crippen LogP contribution in [0.25, 0.3) is 0 Å². The number of benzene rings is 1. The van der Waals surface area contributed by atoms with Crippen LogP contribution in [0.1, 0.15) is 37.0 Å². The molecule has 0 aliphatic rings. The molecule has 88 valence electrons. The Hall–Kier alpha value is -1.02. The zero-order valence-corrected chi connectivity index (χ0v) is 10.5. The molecule has 1 rings (SSSR count). The van der Waals surface area contributed by atoms with Gasteiger partial charge in [0.15, 0.2) is 0 Å². The van der Waals surface area contributed by atoms with E-state index in [4.69, 9.17) is 16.3 Å². The van der Waals surface area contributed by atoms with E-state index >= 15 is 0 Å². The fourth-order valence-corrected chi connectivity index (χ4v) is 1.45. The molecule has 0 heterocycles. The molecule has 0 spiro atoms. The third-order valence-corrected chi connectivity index (χ3v) is 2.84. The predicted molar refractivity (Wildman–Crippen MR) is 65.8 cm³/mol. The molecule has 16 heavy (non-hydrogen) atoms. The van der Waals surface area contributed by atoms with E-state index in [1.807, 2.05) is 0 Å². The first-order chi connectivity index (χ1) is 7.63. The van der Waals surface area contributed by atoms with E-state index in [2.05, 4.69) is 13.8 Å². The fraction of sp³-hybridized carbons (Fsp3) is 0.462. The van der Waals surface area contributed by atoms with Crippen molar-refractivity contribution in [1.29, 1.82) is 0 Å². The highest BCUT2D eigenvalue weighted by Gasteiger charge is 2.07. The molecule has 0 aliphatic heterocycles. The molecule has 0 N–H and O–H groups in total. The lowest BCUT2D eigenvalue weighted by atomic mass is 10.1. The summed E-state index contributed by atoms with van der Waals surface area (Å²) in [5.74, 6) is 0.290. The van der Waals surface area contributed by atoms with Crippen molar-refractivity contribution in [2.45, 2.75) is 26.7 Å². The summed E-state index contributed by atoms with van der Waals surface area (Å²) >= 11 is 5.79. The lowest BCUT2D eigenvalue weighted by Gasteiger charge is -2.08. The average Bonchev–Trinajstić information content (AvgIpc) is 2.28. The highest BCUT2D eigenvalue weighted by molar-refractivity contribution is 6.30. The smallest absolute Gasteiger partial charge is 0.338 e. The van der Waals surface area contributed by atoms with Crippen LogP contribution in [0.5, 0.6) is 0 Å². The molecule has 0 bridgehead atoms. The minimum atomic E-state index is -0.300. The zero-order chi connectivity index (χ0) is 12.0. The van der Waals surface area contributed by atoms with Gasteiger partial charge in [-0.05, 0) is 30.5 Å². The van der Waals surface area contributed by atoms with Gasteiger partial charge in [-0.15, -0.1) is 0 Å². The third kappa shape index (κ3) is 4.23. The van der Waals surface area contributed by atoms with Crippen LogP contribution >= 0.6 is 11.6 Å². The van der Waals surface area contributed by atoms with Crippen molar-refractivity contribution in [2.24, 2.45) is 5.92 Å². The Morgan fingerprint density at radius 3 is 2.88 bits per heavy atom. The number of carbonyl (C=O) groups is 1.